The smallest absolute Gasteiger partial charge is 0.429 e. The molecule has 1 aromatic carbocycles. The largest absolute Gasteiger partial charge is 0.475 e. The van der Waals surface area contributed by atoms with Crippen LogP contribution < -0.4 is 4.74 Å². The van der Waals surface area contributed by atoms with Crippen molar-refractivity contribution in [2.75, 3.05) is 0 Å². The highest BCUT2D eigenvalue weighted by Crippen LogP contribution is 2.41. The minimum atomic E-state index is -4.63. The number of ether oxygens (including phenoxy) is 1. The van der Waals surface area contributed by atoms with Gasteiger partial charge in [0.15, 0.2) is 5.78 Å². The topological polar surface area (TPSA) is 26.3 Å². The van der Waals surface area contributed by atoms with Crippen molar-refractivity contribution in [1.82, 2.24) is 0 Å². The van der Waals surface area contributed by atoms with Crippen LogP contribution >= 0.6 is 11.6 Å². The monoisotopic (exact) mass is 344 g/mol. The average Bonchev–Trinajstić information content (AvgIpc) is 2.40. The molecule has 1 heterocycles. The predicted octanol–water partition coefficient (Wildman–Crippen LogP) is 5.11. The predicted molar refractivity (Wildman–Crippen MR) is 81.6 cm³/mol. The summed E-state index contributed by atoms with van der Waals surface area (Å²) in [5.41, 5.74) is 0.620. The van der Waals surface area contributed by atoms with Gasteiger partial charge in [-0.1, -0.05) is 30.9 Å². The van der Waals surface area contributed by atoms with Crippen molar-refractivity contribution in [1.29, 1.82) is 0 Å². The van der Waals surface area contributed by atoms with Crippen molar-refractivity contribution in [3.05, 3.63) is 33.9 Å². The van der Waals surface area contributed by atoms with E-state index < -0.39 is 18.1 Å². The van der Waals surface area contributed by atoms with Crippen LogP contribution in [0, 0.1) is 12.8 Å². The molecule has 1 aliphatic heterocycles. The summed E-state index contributed by atoms with van der Waals surface area (Å²) in [7, 11) is 0. The SMILES string of the molecule is Cc1cc(Cl)cc2c1OC(C(F)(F)F)C(C(=O)CC1CCC1)=C2. The fourth-order valence-electron chi connectivity index (χ4n) is 3.00. The van der Waals surface area contributed by atoms with Crippen molar-refractivity contribution in [2.24, 2.45) is 5.92 Å². The van der Waals surface area contributed by atoms with Crippen LogP contribution in [-0.2, 0) is 4.79 Å². The second kappa shape index (κ2) is 5.86. The number of ketones is 1. The van der Waals surface area contributed by atoms with Crippen LogP contribution in [0.3, 0.4) is 0 Å². The first-order chi connectivity index (χ1) is 10.8. The quantitative estimate of drug-likeness (QED) is 0.761. The highest BCUT2D eigenvalue weighted by Gasteiger charge is 2.48. The minimum absolute atomic E-state index is 0.136. The van der Waals surface area contributed by atoms with Crippen molar-refractivity contribution in [3.63, 3.8) is 0 Å². The van der Waals surface area contributed by atoms with Gasteiger partial charge < -0.3 is 4.74 Å². The number of carbonyl (C=O) groups excluding carboxylic acids is 1. The molecule has 1 saturated carbocycles. The first-order valence-corrected chi connectivity index (χ1v) is 7.92. The van der Waals surface area contributed by atoms with E-state index in [0.717, 1.165) is 19.3 Å². The maximum Gasteiger partial charge on any atom is 0.429 e. The lowest BCUT2D eigenvalue weighted by Crippen LogP contribution is -2.41. The average molecular weight is 345 g/mol. The van der Waals surface area contributed by atoms with E-state index in [2.05, 4.69) is 0 Å². The summed E-state index contributed by atoms with van der Waals surface area (Å²) in [5, 5.41) is 0.400. The molecule has 0 spiro atoms. The Morgan fingerprint density at radius 1 is 1.35 bits per heavy atom. The van der Waals surface area contributed by atoms with Gasteiger partial charge in [-0.05, 0) is 36.6 Å². The van der Waals surface area contributed by atoms with E-state index in [0.29, 0.717) is 16.1 Å². The van der Waals surface area contributed by atoms with Gasteiger partial charge in [0.1, 0.15) is 5.75 Å². The van der Waals surface area contributed by atoms with Crippen LogP contribution in [0.4, 0.5) is 13.2 Å². The normalized spacial score (nSPS) is 21.1. The van der Waals surface area contributed by atoms with Gasteiger partial charge >= 0.3 is 6.18 Å². The molecule has 1 atom stereocenters. The van der Waals surface area contributed by atoms with Crippen LogP contribution in [0.25, 0.3) is 6.08 Å². The summed E-state index contributed by atoms with van der Waals surface area (Å²) in [6.45, 7) is 1.63. The summed E-state index contributed by atoms with van der Waals surface area (Å²) in [6, 6.07) is 3.07. The zero-order valence-electron chi connectivity index (χ0n) is 12.5. The van der Waals surface area contributed by atoms with Gasteiger partial charge in [-0.25, -0.2) is 0 Å². The van der Waals surface area contributed by atoms with Gasteiger partial charge in [0.25, 0.3) is 0 Å². The fraction of sp³-hybridized carbons (Fsp3) is 0.471. The zero-order valence-corrected chi connectivity index (χ0v) is 13.3. The second-order valence-electron chi connectivity index (χ2n) is 6.20. The minimum Gasteiger partial charge on any atom is -0.475 e. The van der Waals surface area contributed by atoms with Crippen molar-refractivity contribution in [2.45, 2.75) is 44.9 Å². The van der Waals surface area contributed by atoms with Crippen LogP contribution in [0.15, 0.2) is 17.7 Å². The van der Waals surface area contributed by atoms with Gasteiger partial charge in [0, 0.05) is 22.6 Å². The summed E-state index contributed by atoms with van der Waals surface area (Å²) in [6.07, 6.45) is -2.56. The maximum atomic E-state index is 13.3. The molecule has 1 aromatic rings. The summed E-state index contributed by atoms with van der Waals surface area (Å²) in [5.74, 6) is -0.156. The molecule has 0 saturated heterocycles. The van der Waals surface area contributed by atoms with E-state index in [9.17, 15) is 18.0 Å². The molecular weight excluding hydrogens is 329 g/mol. The van der Waals surface area contributed by atoms with E-state index in [1.165, 1.54) is 12.1 Å². The van der Waals surface area contributed by atoms with Gasteiger partial charge in [0.05, 0.1) is 0 Å². The molecule has 23 heavy (non-hydrogen) atoms. The Bertz CT molecular complexity index is 675. The third kappa shape index (κ3) is 3.25. The summed E-state index contributed by atoms with van der Waals surface area (Å²) < 4.78 is 45.2. The number of aryl methyl sites for hydroxylation is 1. The molecule has 2 aliphatic rings. The van der Waals surface area contributed by atoms with Gasteiger partial charge in [-0.2, -0.15) is 13.2 Å². The van der Waals surface area contributed by atoms with Crippen LogP contribution in [-0.4, -0.2) is 18.1 Å². The van der Waals surface area contributed by atoms with Crippen LogP contribution in [0.2, 0.25) is 5.02 Å². The number of rotatable bonds is 3. The molecule has 0 bridgehead atoms. The van der Waals surface area contributed by atoms with E-state index >= 15 is 0 Å². The Morgan fingerprint density at radius 2 is 2.04 bits per heavy atom. The van der Waals surface area contributed by atoms with Crippen molar-refractivity contribution < 1.29 is 22.7 Å². The molecule has 2 nitrogen and oxygen atoms in total. The Hall–Kier alpha value is -1.49. The molecule has 1 fully saturated rings. The van der Waals surface area contributed by atoms with E-state index in [1.807, 2.05) is 0 Å². The van der Waals surface area contributed by atoms with Gasteiger partial charge in [-0.15, -0.1) is 0 Å². The second-order valence-corrected chi connectivity index (χ2v) is 6.64. The molecule has 0 radical (unpaired) electrons. The molecule has 0 N–H and O–H groups in total. The molecule has 1 unspecified atom stereocenters. The Morgan fingerprint density at radius 3 is 2.61 bits per heavy atom. The Kier molecular flexibility index (Phi) is 4.17. The van der Waals surface area contributed by atoms with Crippen molar-refractivity contribution >= 4 is 23.5 Å². The number of carbonyl (C=O) groups is 1. The van der Waals surface area contributed by atoms with E-state index in [1.54, 1.807) is 13.0 Å². The number of Topliss-reactive ketones (excluding diaryl/α,β-unsaturated/α-hetero) is 1. The highest BCUT2D eigenvalue weighted by molar-refractivity contribution is 6.30. The first-order valence-electron chi connectivity index (χ1n) is 7.54. The lowest BCUT2D eigenvalue weighted by Gasteiger charge is -2.31. The van der Waals surface area contributed by atoms with Gasteiger partial charge in [0.2, 0.25) is 6.10 Å². The van der Waals surface area contributed by atoms with Crippen molar-refractivity contribution in [3.8, 4) is 5.75 Å². The van der Waals surface area contributed by atoms with Gasteiger partial charge in [-0.3, -0.25) is 4.79 Å². The molecule has 0 amide bonds. The first kappa shape index (κ1) is 16.4. The third-order valence-electron chi connectivity index (χ3n) is 4.42. The zero-order chi connectivity index (χ0) is 16.8. The number of benzene rings is 1. The summed E-state index contributed by atoms with van der Waals surface area (Å²) >= 11 is 5.96. The standard InChI is InChI=1S/C17H16ClF3O2/c1-9-5-12(18)7-11-8-13(14(22)6-10-3-2-4-10)16(17(19,20)21)23-15(9)11/h5,7-8,10,16H,2-4,6H2,1H3. The van der Waals surface area contributed by atoms with Crippen LogP contribution in [0.5, 0.6) is 5.75 Å². The van der Waals surface area contributed by atoms with E-state index in [4.69, 9.17) is 16.3 Å². The lowest BCUT2D eigenvalue weighted by atomic mass is 9.80. The number of alkyl halides is 3. The van der Waals surface area contributed by atoms with Crippen LogP contribution in [0.1, 0.15) is 36.8 Å². The molecule has 1 aliphatic carbocycles. The number of fused-ring (bicyclic) bond motifs is 1. The molecule has 3 rings (SSSR count). The number of hydrogen-bond donors (Lipinski definition) is 0. The number of halogens is 4. The fourth-order valence-corrected chi connectivity index (χ4v) is 3.28. The molecular formula is C17H16ClF3O2. The Labute approximate surface area is 137 Å². The Balaban J connectivity index is 2.00. The highest BCUT2D eigenvalue weighted by atomic mass is 35.5. The molecule has 0 aromatic heterocycles. The molecule has 6 heteroatoms. The third-order valence-corrected chi connectivity index (χ3v) is 4.63. The lowest BCUT2D eigenvalue weighted by molar-refractivity contribution is -0.185. The molecule has 124 valence electrons. The van der Waals surface area contributed by atoms with E-state index in [-0.39, 0.29) is 23.7 Å². The number of hydrogen-bond acceptors (Lipinski definition) is 2. The maximum absolute atomic E-state index is 13.3. The summed E-state index contributed by atoms with van der Waals surface area (Å²) in [4.78, 5) is 12.4.